The smallest absolute Gasteiger partial charge is 0.326 e. The van der Waals surface area contributed by atoms with Crippen molar-refractivity contribution in [2.24, 2.45) is 0 Å². The van der Waals surface area contributed by atoms with Crippen molar-refractivity contribution in [1.82, 2.24) is 4.98 Å². The van der Waals surface area contributed by atoms with Gasteiger partial charge in [-0.1, -0.05) is 36.7 Å². The molecule has 2 heterocycles. The van der Waals surface area contributed by atoms with E-state index in [9.17, 15) is 9.59 Å². The Morgan fingerprint density at radius 3 is 2.93 bits per heavy atom. The van der Waals surface area contributed by atoms with Crippen LogP contribution in [0, 0.1) is 0 Å². The maximum atomic E-state index is 12.4. The van der Waals surface area contributed by atoms with E-state index in [0.717, 1.165) is 28.2 Å². The number of thiazole rings is 1. The summed E-state index contributed by atoms with van der Waals surface area (Å²) in [6.07, 6.45) is 0.723. The molecule has 30 heavy (non-hydrogen) atoms. The molecule has 0 N–H and O–H groups in total. The molecule has 0 fully saturated rings. The van der Waals surface area contributed by atoms with Crippen LogP contribution >= 0.6 is 22.9 Å². The summed E-state index contributed by atoms with van der Waals surface area (Å²) in [5, 5.41) is 3.38. The molecule has 154 valence electrons. The molecule has 1 amide bonds. The van der Waals surface area contributed by atoms with Crippen LogP contribution in [-0.4, -0.2) is 36.6 Å². The zero-order chi connectivity index (χ0) is 21.1. The molecule has 8 heteroatoms. The number of aromatic nitrogens is 1. The number of fused-ring (bicyclic) bond motifs is 1. The summed E-state index contributed by atoms with van der Waals surface area (Å²) in [5.41, 5.74) is 2.97. The fourth-order valence-corrected chi connectivity index (χ4v) is 4.24. The molecule has 0 saturated carbocycles. The second kappa shape index (κ2) is 8.85. The first kappa shape index (κ1) is 20.4. The lowest BCUT2D eigenvalue weighted by Gasteiger charge is -2.29. The summed E-state index contributed by atoms with van der Waals surface area (Å²) in [4.78, 5) is 30.6. The van der Waals surface area contributed by atoms with Gasteiger partial charge in [0.2, 0.25) is 0 Å². The third kappa shape index (κ3) is 4.17. The first-order valence-electron chi connectivity index (χ1n) is 9.50. The third-order valence-corrected chi connectivity index (χ3v) is 5.77. The molecule has 1 aromatic heterocycles. The average Bonchev–Trinajstić information content (AvgIpc) is 3.24. The number of carbonyl (C=O) groups excluding carboxylic acids is 2. The Morgan fingerprint density at radius 1 is 1.30 bits per heavy atom. The highest BCUT2D eigenvalue weighted by Gasteiger charge is 2.28. The summed E-state index contributed by atoms with van der Waals surface area (Å²) in [6.45, 7) is 1.98. The van der Waals surface area contributed by atoms with Crippen molar-refractivity contribution in [1.29, 1.82) is 0 Å². The summed E-state index contributed by atoms with van der Waals surface area (Å²) < 4.78 is 10.7. The number of anilines is 1. The van der Waals surface area contributed by atoms with Crippen molar-refractivity contribution >= 4 is 40.5 Å². The second-order valence-corrected chi connectivity index (χ2v) is 7.95. The van der Waals surface area contributed by atoms with Gasteiger partial charge in [0.05, 0.1) is 23.0 Å². The molecule has 4 rings (SSSR count). The van der Waals surface area contributed by atoms with Crippen molar-refractivity contribution in [3.63, 3.8) is 0 Å². The summed E-state index contributed by atoms with van der Waals surface area (Å²) in [7, 11) is 0. The number of nitrogens with zero attached hydrogens (tertiary/aromatic N) is 2. The lowest BCUT2D eigenvalue weighted by Crippen LogP contribution is -2.42. The Bertz CT molecular complexity index is 1100. The second-order valence-electron chi connectivity index (χ2n) is 6.69. The van der Waals surface area contributed by atoms with Crippen molar-refractivity contribution in [3.05, 3.63) is 52.9 Å². The van der Waals surface area contributed by atoms with Crippen molar-refractivity contribution in [3.8, 4) is 27.6 Å². The zero-order valence-electron chi connectivity index (χ0n) is 16.3. The van der Waals surface area contributed by atoms with E-state index >= 15 is 0 Å². The number of halogens is 1. The van der Waals surface area contributed by atoms with Crippen LogP contribution in [0.5, 0.6) is 5.75 Å². The number of hydrogen-bond acceptors (Lipinski definition) is 6. The number of ether oxygens (including phenoxy) is 2. The lowest BCUT2D eigenvalue weighted by molar-refractivity contribution is -0.143. The SMILES string of the molecule is CCCOC(=O)CN1C(=O)COc2ccc(-c3csc(-c4ccccc4Cl)n3)cc21. The van der Waals surface area contributed by atoms with Crippen LogP contribution in [0.25, 0.3) is 21.8 Å². The maximum Gasteiger partial charge on any atom is 0.326 e. The predicted octanol–water partition coefficient (Wildman–Crippen LogP) is 4.81. The Labute approximate surface area is 183 Å². The molecule has 0 unspecified atom stereocenters. The average molecular weight is 443 g/mol. The normalized spacial score (nSPS) is 13.0. The Kier molecular flexibility index (Phi) is 6.01. The van der Waals surface area contributed by atoms with Gasteiger partial charge in [0.1, 0.15) is 17.3 Å². The molecular weight excluding hydrogens is 424 g/mol. The Balaban J connectivity index is 1.64. The van der Waals surface area contributed by atoms with E-state index in [1.54, 1.807) is 6.07 Å². The molecule has 0 bridgehead atoms. The first-order valence-corrected chi connectivity index (χ1v) is 10.8. The molecule has 6 nitrogen and oxygen atoms in total. The van der Waals surface area contributed by atoms with E-state index in [-0.39, 0.29) is 19.1 Å². The fourth-order valence-electron chi connectivity index (χ4n) is 3.09. The fraction of sp³-hybridized carbons (Fsp3) is 0.227. The van der Waals surface area contributed by atoms with Crippen molar-refractivity contribution in [2.45, 2.75) is 13.3 Å². The Hall–Kier alpha value is -2.90. The molecule has 2 aromatic carbocycles. The minimum atomic E-state index is -0.446. The standard InChI is InChI=1S/C22H19ClN2O4S/c1-2-9-28-21(27)11-25-18-10-14(7-8-19(18)29-12-20(25)26)17-13-30-22(24-17)15-5-3-4-6-16(15)23/h3-8,10,13H,2,9,11-12H2,1H3. The topological polar surface area (TPSA) is 68.7 Å². The van der Waals surface area contributed by atoms with Gasteiger partial charge in [-0.2, -0.15) is 0 Å². The monoisotopic (exact) mass is 442 g/mol. The molecule has 0 radical (unpaired) electrons. The van der Waals surface area contributed by atoms with Crippen LogP contribution in [0.15, 0.2) is 47.8 Å². The van der Waals surface area contributed by atoms with E-state index in [1.807, 2.05) is 48.7 Å². The molecule has 0 spiro atoms. The minimum Gasteiger partial charge on any atom is -0.482 e. The number of carbonyl (C=O) groups is 2. The van der Waals surface area contributed by atoms with Crippen LogP contribution in [0.1, 0.15) is 13.3 Å². The number of amides is 1. The largest absolute Gasteiger partial charge is 0.482 e. The molecule has 1 aliphatic heterocycles. The molecule has 1 aliphatic rings. The van der Waals surface area contributed by atoms with Crippen molar-refractivity contribution < 1.29 is 19.1 Å². The molecule has 0 saturated heterocycles. The summed E-state index contributed by atoms with van der Waals surface area (Å²) in [6, 6.07) is 13.0. The van der Waals surface area contributed by atoms with E-state index < -0.39 is 5.97 Å². The van der Waals surface area contributed by atoms with Crippen LogP contribution < -0.4 is 9.64 Å². The number of benzene rings is 2. The van der Waals surface area contributed by atoms with Gasteiger partial charge in [0, 0.05) is 16.5 Å². The molecule has 3 aromatic rings. The number of esters is 1. The van der Waals surface area contributed by atoms with Crippen molar-refractivity contribution in [2.75, 3.05) is 24.7 Å². The van der Waals surface area contributed by atoms with Gasteiger partial charge in [0.25, 0.3) is 5.91 Å². The summed E-state index contributed by atoms with van der Waals surface area (Å²) in [5.74, 6) is -0.190. The van der Waals surface area contributed by atoms with E-state index in [1.165, 1.54) is 16.2 Å². The van der Waals surface area contributed by atoms with E-state index in [2.05, 4.69) is 0 Å². The molecule has 0 aliphatic carbocycles. The van der Waals surface area contributed by atoms with Gasteiger partial charge in [-0.25, -0.2) is 4.98 Å². The van der Waals surface area contributed by atoms with Crippen LogP contribution in [0.3, 0.4) is 0 Å². The lowest BCUT2D eigenvalue weighted by atomic mass is 10.1. The molecule has 0 atom stereocenters. The van der Waals surface area contributed by atoms with Crippen LogP contribution in [0.4, 0.5) is 5.69 Å². The van der Waals surface area contributed by atoms with Gasteiger partial charge in [0.15, 0.2) is 6.61 Å². The number of rotatable bonds is 6. The Morgan fingerprint density at radius 2 is 2.13 bits per heavy atom. The summed E-state index contributed by atoms with van der Waals surface area (Å²) >= 11 is 7.78. The highest BCUT2D eigenvalue weighted by Crippen LogP contribution is 2.38. The highest BCUT2D eigenvalue weighted by molar-refractivity contribution is 7.13. The first-order chi connectivity index (χ1) is 14.6. The third-order valence-electron chi connectivity index (χ3n) is 4.56. The highest BCUT2D eigenvalue weighted by atomic mass is 35.5. The quantitative estimate of drug-likeness (QED) is 0.512. The predicted molar refractivity (Wildman–Crippen MR) is 117 cm³/mol. The van der Waals surface area contributed by atoms with Gasteiger partial charge in [-0.15, -0.1) is 11.3 Å². The van der Waals surface area contributed by atoms with E-state index in [4.69, 9.17) is 26.1 Å². The van der Waals surface area contributed by atoms with E-state index in [0.29, 0.717) is 23.1 Å². The number of hydrogen-bond donors (Lipinski definition) is 0. The maximum absolute atomic E-state index is 12.4. The molecular formula is C22H19ClN2O4S. The van der Waals surface area contributed by atoms with Crippen LogP contribution in [-0.2, 0) is 14.3 Å². The van der Waals surface area contributed by atoms with Gasteiger partial charge in [-0.05, 0) is 30.7 Å². The van der Waals surface area contributed by atoms with Gasteiger partial charge < -0.3 is 9.47 Å². The zero-order valence-corrected chi connectivity index (χ0v) is 17.8. The minimum absolute atomic E-state index is 0.110. The van der Waals surface area contributed by atoms with Gasteiger partial charge >= 0.3 is 5.97 Å². The van der Waals surface area contributed by atoms with Gasteiger partial charge in [-0.3, -0.25) is 14.5 Å². The van der Waals surface area contributed by atoms with Crippen LogP contribution in [0.2, 0.25) is 5.02 Å².